The Morgan fingerprint density at radius 2 is 1.52 bits per heavy atom. The van der Waals surface area contributed by atoms with E-state index in [0.29, 0.717) is 6.42 Å². The molecule has 0 unspecified atom stereocenters. The number of hydrogen-bond acceptors (Lipinski definition) is 2. The molecular formula is C22H32O3. The Morgan fingerprint density at radius 3 is 2.16 bits per heavy atom. The Morgan fingerprint density at radius 1 is 0.920 bits per heavy atom. The molecule has 3 heteroatoms. The second-order valence-electron chi connectivity index (χ2n) is 6.55. The lowest BCUT2D eigenvalue weighted by molar-refractivity contribution is 0.0692. The van der Waals surface area contributed by atoms with Crippen molar-refractivity contribution >= 4 is 5.97 Å². The number of hydrogen-bond donors (Lipinski definition) is 2. The standard InChI is InChI=1S/C22H32O3/c1-2-3-4-5-6-7-8-9-10-11-12-13-14-16-19-17-15-18-20(23)21(19)22(24)25/h15,17-18,23H,2-4,7-14,16H2,1H3,(H,24,25). The van der Waals surface area contributed by atoms with Crippen molar-refractivity contribution in [2.24, 2.45) is 0 Å². The van der Waals surface area contributed by atoms with Crippen LogP contribution in [-0.4, -0.2) is 16.2 Å². The van der Waals surface area contributed by atoms with Crippen molar-refractivity contribution in [1.29, 1.82) is 0 Å². The minimum Gasteiger partial charge on any atom is -0.507 e. The summed E-state index contributed by atoms with van der Waals surface area (Å²) in [4.78, 5) is 11.2. The van der Waals surface area contributed by atoms with Gasteiger partial charge in [0, 0.05) is 12.8 Å². The Balaban J connectivity index is 2.07. The number of carbonyl (C=O) groups is 1. The Hall–Kier alpha value is -1.95. The van der Waals surface area contributed by atoms with Crippen LogP contribution in [0.15, 0.2) is 18.2 Å². The number of aromatic carboxylic acids is 1. The fourth-order valence-electron chi connectivity index (χ4n) is 2.90. The predicted molar refractivity (Wildman–Crippen MR) is 103 cm³/mol. The lowest BCUT2D eigenvalue weighted by atomic mass is 9.99. The highest BCUT2D eigenvalue weighted by atomic mass is 16.4. The number of aryl methyl sites for hydroxylation is 1. The fourth-order valence-corrected chi connectivity index (χ4v) is 2.90. The van der Waals surface area contributed by atoms with Gasteiger partial charge < -0.3 is 10.2 Å². The predicted octanol–water partition coefficient (Wildman–Crippen LogP) is 5.95. The maximum atomic E-state index is 11.2. The van der Waals surface area contributed by atoms with Crippen LogP contribution >= 0.6 is 0 Å². The Bertz CT molecular complexity index is 566. The molecule has 0 saturated heterocycles. The summed E-state index contributed by atoms with van der Waals surface area (Å²) in [6, 6.07) is 4.94. The zero-order valence-corrected chi connectivity index (χ0v) is 15.5. The number of carboxylic acids is 1. The molecular weight excluding hydrogens is 312 g/mol. The molecule has 0 atom stereocenters. The lowest BCUT2D eigenvalue weighted by Crippen LogP contribution is -2.03. The van der Waals surface area contributed by atoms with Crippen molar-refractivity contribution in [1.82, 2.24) is 0 Å². The van der Waals surface area contributed by atoms with Crippen LogP contribution in [0.3, 0.4) is 0 Å². The molecule has 0 amide bonds. The van der Waals surface area contributed by atoms with E-state index in [9.17, 15) is 15.0 Å². The minimum absolute atomic E-state index is 0.0579. The van der Waals surface area contributed by atoms with Crippen LogP contribution in [-0.2, 0) is 6.42 Å². The van der Waals surface area contributed by atoms with E-state index < -0.39 is 5.97 Å². The van der Waals surface area contributed by atoms with Gasteiger partial charge >= 0.3 is 5.97 Å². The molecule has 3 nitrogen and oxygen atoms in total. The van der Waals surface area contributed by atoms with Gasteiger partial charge in [-0.05, 0) is 37.3 Å². The van der Waals surface area contributed by atoms with Crippen LogP contribution in [0, 0.1) is 11.8 Å². The van der Waals surface area contributed by atoms with E-state index in [0.717, 1.165) is 31.2 Å². The molecule has 1 aromatic carbocycles. The number of rotatable bonds is 12. The van der Waals surface area contributed by atoms with Gasteiger partial charge in [-0.1, -0.05) is 57.6 Å². The molecule has 138 valence electrons. The van der Waals surface area contributed by atoms with Gasteiger partial charge in [0.1, 0.15) is 11.3 Å². The van der Waals surface area contributed by atoms with Gasteiger partial charge in [-0.25, -0.2) is 4.79 Å². The molecule has 0 aliphatic heterocycles. The molecule has 1 rings (SSSR count). The van der Waals surface area contributed by atoms with Gasteiger partial charge in [-0.2, -0.15) is 0 Å². The third-order valence-electron chi connectivity index (χ3n) is 4.37. The fraction of sp³-hybridized carbons (Fsp3) is 0.591. The van der Waals surface area contributed by atoms with Crippen molar-refractivity contribution in [3.63, 3.8) is 0 Å². The summed E-state index contributed by atoms with van der Waals surface area (Å²) >= 11 is 0. The van der Waals surface area contributed by atoms with E-state index in [1.807, 2.05) is 0 Å². The zero-order valence-electron chi connectivity index (χ0n) is 15.5. The van der Waals surface area contributed by atoms with Gasteiger partial charge in [-0.3, -0.25) is 0 Å². The normalized spacial score (nSPS) is 10.3. The van der Waals surface area contributed by atoms with Crippen molar-refractivity contribution in [3.8, 4) is 17.6 Å². The van der Waals surface area contributed by atoms with E-state index in [2.05, 4.69) is 18.8 Å². The third-order valence-corrected chi connectivity index (χ3v) is 4.37. The highest BCUT2D eigenvalue weighted by Gasteiger charge is 2.14. The summed E-state index contributed by atoms with van der Waals surface area (Å²) in [5, 5.41) is 18.9. The van der Waals surface area contributed by atoms with Gasteiger partial charge in [0.15, 0.2) is 0 Å². The highest BCUT2D eigenvalue weighted by Crippen LogP contribution is 2.23. The number of carboxylic acid groups (broad SMARTS) is 1. The number of aromatic hydroxyl groups is 1. The van der Waals surface area contributed by atoms with Crippen LogP contribution in [0.25, 0.3) is 0 Å². The molecule has 0 aliphatic rings. The first-order chi connectivity index (χ1) is 12.2. The maximum absolute atomic E-state index is 11.2. The first kappa shape index (κ1) is 21.1. The van der Waals surface area contributed by atoms with Crippen molar-refractivity contribution in [3.05, 3.63) is 29.3 Å². The Labute approximate surface area is 152 Å². The molecule has 1 aromatic rings. The van der Waals surface area contributed by atoms with Crippen LogP contribution in [0.4, 0.5) is 0 Å². The topological polar surface area (TPSA) is 57.5 Å². The lowest BCUT2D eigenvalue weighted by Gasteiger charge is -2.07. The number of benzene rings is 1. The summed E-state index contributed by atoms with van der Waals surface area (Å²) in [5.41, 5.74) is 0.789. The first-order valence-corrected chi connectivity index (χ1v) is 9.66. The van der Waals surface area contributed by atoms with E-state index in [-0.39, 0.29) is 11.3 Å². The van der Waals surface area contributed by atoms with Gasteiger partial charge in [0.2, 0.25) is 0 Å². The van der Waals surface area contributed by atoms with E-state index >= 15 is 0 Å². The second-order valence-corrected chi connectivity index (χ2v) is 6.55. The smallest absolute Gasteiger partial charge is 0.339 e. The van der Waals surface area contributed by atoms with E-state index in [4.69, 9.17) is 0 Å². The van der Waals surface area contributed by atoms with Gasteiger partial charge in [-0.15, -0.1) is 11.8 Å². The average molecular weight is 344 g/mol. The SMILES string of the molecule is CCCCC#CCCCCCCCCCc1cccc(O)c1C(=O)O. The Kier molecular flexibility index (Phi) is 11.3. The molecule has 0 bridgehead atoms. The summed E-state index contributed by atoms with van der Waals surface area (Å²) in [7, 11) is 0. The summed E-state index contributed by atoms with van der Waals surface area (Å²) in [5.74, 6) is 5.29. The van der Waals surface area contributed by atoms with E-state index in [1.165, 1.54) is 51.0 Å². The molecule has 25 heavy (non-hydrogen) atoms. The van der Waals surface area contributed by atoms with Crippen molar-refractivity contribution in [2.45, 2.75) is 84.0 Å². The molecule has 2 N–H and O–H groups in total. The maximum Gasteiger partial charge on any atom is 0.339 e. The van der Waals surface area contributed by atoms with Crippen LogP contribution < -0.4 is 0 Å². The number of phenols is 1. The monoisotopic (exact) mass is 344 g/mol. The van der Waals surface area contributed by atoms with Crippen molar-refractivity contribution < 1.29 is 15.0 Å². The molecule has 0 spiro atoms. The molecule has 0 aromatic heterocycles. The summed E-state index contributed by atoms with van der Waals surface area (Å²) in [6.07, 6.45) is 13.4. The van der Waals surface area contributed by atoms with Crippen LogP contribution in [0.2, 0.25) is 0 Å². The largest absolute Gasteiger partial charge is 0.507 e. The van der Waals surface area contributed by atoms with Crippen LogP contribution in [0.5, 0.6) is 5.75 Å². The van der Waals surface area contributed by atoms with Gasteiger partial charge in [0.25, 0.3) is 0 Å². The van der Waals surface area contributed by atoms with Crippen LogP contribution in [0.1, 0.15) is 93.5 Å². The highest BCUT2D eigenvalue weighted by molar-refractivity contribution is 5.92. The minimum atomic E-state index is -1.05. The second kappa shape index (κ2) is 13.4. The summed E-state index contributed by atoms with van der Waals surface area (Å²) < 4.78 is 0. The zero-order chi connectivity index (χ0) is 18.3. The third kappa shape index (κ3) is 9.19. The average Bonchev–Trinajstić information content (AvgIpc) is 2.58. The molecule has 0 fully saturated rings. The quantitative estimate of drug-likeness (QED) is 0.364. The molecule has 0 aliphatic carbocycles. The molecule has 0 radical (unpaired) electrons. The van der Waals surface area contributed by atoms with Gasteiger partial charge in [0.05, 0.1) is 0 Å². The first-order valence-electron chi connectivity index (χ1n) is 9.66. The molecule has 0 saturated carbocycles. The van der Waals surface area contributed by atoms with E-state index in [1.54, 1.807) is 12.1 Å². The van der Waals surface area contributed by atoms with Crippen molar-refractivity contribution in [2.75, 3.05) is 0 Å². The number of unbranched alkanes of at least 4 members (excludes halogenated alkanes) is 9. The molecule has 0 heterocycles. The summed E-state index contributed by atoms with van der Waals surface area (Å²) in [6.45, 7) is 2.19.